The van der Waals surface area contributed by atoms with Gasteiger partial charge in [-0.1, -0.05) is 121 Å². The van der Waals surface area contributed by atoms with Crippen LogP contribution in [0.4, 0.5) is 0 Å². The topological polar surface area (TPSA) is 9.23 Å². The first-order chi connectivity index (χ1) is 22.1. The van der Waals surface area contributed by atoms with Gasteiger partial charge in [-0.2, -0.15) is 0 Å². The number of hydrogen-bond acceptors (Lipinski definition) is 1. The summed E-state index contributed by atoms with van der Waals surface area (Å²) in [6.07, 6.45) is 0. The molecule has 8 rings (SSSR count). The van der Waals surface area contributed by atoms with Gasteiger partial charge in [-0.15, -0.1) is 0 Å². The van der Waals surface area contributed by atoms with Crippen molar-refractivity contribution in [1.29, 1.82) is 0 Å². The fourth-order valence-electron chi connectivity index (χ4n) is 5.40. The molecule has 0 amide bonds. The van der Waals surface area contributed by atoms with Crippen LogP contribution in [0.5, 0.6) is 11.5 Å². The van der Waals surface area contributed by atoms with Crippen molar-refractivity contribution >= 4 is 32.3 Å². The molecule has 1 heteroatoms. The quantitative estimate of drug-likeness (QED) is 0.224. The van der Waals surface area contributed by atoms with E-state index < -0.39 is 36.3 Å². The SMILES string of the molecule is [2H]c1c([2H])c([2H])c2c(c1[2H])Oc1c([2H])c([2H])c(-c3ccccc3-c3cccc4c3ccc3ccccc34)c3c([2H])c([2H])c([2H])c-2c13. The lowest BCUT2D eigenvalue weighted by atomic mass is 9.86. The van der Waals surface area contributed by atoms with Gasteiger partial charge in [0.25, 0.3) is 0 Å². The molecule has 1 aliphatic heterocycles. The molecular formula is C36H22O. The van der Waals surface area contributed by atoms with E-state index in [0.717, 1.165) is 32.7 Å². The number of hydrogen-bond donors (Lipinski definition) is 0. The van der Waals surface area contributed by atoms with Crippen LogP contribution in [-0.4, -0.2) is 0 Å². The van der Waals surface area contributed by atoms with Crippen molar-refractivity contribution in [2.45, 2.75) is 0 Å². The van der Waals surface area contributed by atoms with Gasteiger partial charge < -0.3 is 4.74 Å². The first kappa shape index (κ1) is 13.4. The average Bonchev–Trinajstić information content (AvgIpc) is 3.08. The Balaban J connectivity index is 1.52. The molecule has 0 radical (unpaired) electrons. The van der Waals surface area contributed by atoms with Crippen LogP contribution in [0.1, 0.15) is 12.3 Å². The van der Waals surface area contributed by atoms with Crippen molar-refractivity contribution in [3.8, 4) is 44.9 Å². The lowest BCUT2D eigenvalue weighted by Crippen LogP contribution is -1.98. The molecule has 0 bridgehead atoms. The largest absolute Gasteiger partial charge is 0.456 e. The van der Waals surface area contributed by atoms with E-state index >= 15 is 0 Å². The molecule has 7 aromatic carbocycles. The molecule has 172 valence electrons. The number of para-hydroxylation sites is 1. The van der Waals surface area contributed by atoms with Gasteiger partial charge in [-0.3, -0.25) is 0 Å². The van der Waals surface area contributed by atoms with Gasteiger partial charge in [0.05, 0.1) is 12.3 Å². The highest BCUT2D eigenvalue weighted by Gasteiger charge is 2.22. The molecular weight excluding hydrogens is 448 g/mol. The van der Waals surface area contributed by atoms with Crippen LogP contribution in [0.25, 0.3) is 65.7 Å². The van der Waals surface area contributed by atoms with E-state index in [1.54, 1.807) is 6.07 Å². The van der Waals surface area contributed by atoms with Crippen LogP contribution in [0.3, 0.4) is 0 Å². The Morgan fingerprint density at radius 2 is 1.16 bits per heavy atom. The first-order valence-electron chi connectivity index (χ1n) is 16.5. The molecule has 0 aromatic heterocycles. The van der Waals surface area contributed by atoms with Crippen molar-refractivity contribution in [1.82, 2.24) is 0 Å². The lowest BCUT2D eigenvalue weighted by molar-refractivity contribution is 0.487. The fourth-order valence-corrected chi connectivity index (χ4v) is 5.40. The second kappa shape index (κ2) is 7.81. The summed E-state index contributed by atoms with van der Waals surface area (Å²) < 4.78 is 84.7. The minimum absolute atomic E-state index is 0.0110. The highest BCUT2D eigenvalue weighted by molar-refractivity contribution is 6.15. The Labute approximate surface area is 227 Å². The van der Waals surface area contributed by atoms with Crippen molar-refractivity contribution in [3.05, 3.63) is 133 Å². The predicted octanol–water partition coefficient (Wildman–Crippen LogP) is 10.3. The predicted molar refractivity (Wildman–Crippen MR) is 155 cm³/mol. The van der Waals surface area contributed by atoms with Crippen molar-refractivity contribution in [2.24, 2.45) is 0 Å². The Morgan fingerprint density at radius 1 is 0.405 bits per heavy atom. The summed E-state index contributed by atoms with van der Waals surface area (Å²) in [6.45, 7) is 0. The van der Waals surface area contributed by atoms with Crippen LogP contribution in [-0.2, 0) is 0 Å². The van der Waals surface area contributed by atoms with E-state index in [2.05, 4.69) is 30.3 Å². The lowest BCUT2D eigenvalue weighted by Gasteiger charge is -2.23. The number of fused-ring (bicyclic) bond motifs is 5. The smallest absolute Gasteiger partial charge is 0.135 e. The third-order valence-electron chi connectivity index (χ3n) is 7.03. The monoisotopic (exact) mass is 479 g/mol. The standard InChI is InChI=1S/C36H22O/c1-2-10-24-23(9-1)19-20-29-25(24)14-7-15-28(29)26-11-3-4-12-27(26)30-21-22-35-36-32(30)16-8-17-33(36)31-13-5-6-18-34(31)37-35/h1-22H/i5D,6D,8D,13D,16D,17D,18D,21D,22D. The second-order valence-electron chi connectivity index (χ2n) is 8.99. The molecule has 37 heavy (non-hydrogen) atoms. The van der Waals surface area contributed by atoms with E-state index in [-0.39, 0.29) is 57.1 Å². The third-order valence-corrected chi connectivity index (χ3v) is 7.03. The zero-order chi connectivity index (χ0) is 32.2. The van der Waals surface area contributed by atoms with Gasteiger partial charge >= 0.3 is 0 Å². The Bertz CT molecular complexity index is 2510. The minimum Gasteiger partial charge on any atom is -0.456 e. The summed E-state index contributed by atoms with van der Waals surface area (Å²) in [7, 11) is 0. The highest BCUT2D eigenvalue weighted by atomic mass is 16.5. The molecule has 7 aromatic rings. The number of rotatable bonds is 2. The van der Waals surface area contributed by atoms with Gasteiger partial charge in [0.2, 0.25) is 0 Å². The molecule has 1 nitrogen and oxygen atoms in total. The minimum atomic E-state index is -0.538. The maximum Gasteiger partial charge on any atom is 0.135 e. The van der Waals surface area contributed by atoms with Crippen LogP contribution < -0.4 is 4.74 Å². The van der Waals surface area contributed by atoms with E-state index in [4.69, 9.17) is 15.7 Å². The maximum absolute atomic E-state index is 9.25. The van der Waals surface area contributed by atoms with Crippen LogP contribution in [0.2, 0.25) is 0 Å². The Morgan fingerprint density at radius 3 is 2.11 bits per heavy atom. The summed E-state index contributed by atoms with van der Waals surface area (Å²) in [5.41, 5.74) is 2.27. The molecule has 0 fully saturated rings. The summed E-state index contributed by atoms with van der Waals surface area (Å²) in [6, 6.07) is 21.9. The summed E-state index contributed by atoms with van der Waals surface area (Å²) in [5, 5.41) is 4.43. The van der Waals surface area contributed by atoms with Gasteiger partial charge in [-0.05, 0) is 66.8 Å². The molecule has 1 aliphatic rings. The second-order valence-corrected chi connectivity index (χ2v) is 8.99. The first-order valence-corrected chi connectivity index (χ1v) is 12.0. The highest BCUT2D eigenvalue weighted by Crippen LogP contribution is 2.49. The molecule has 0 unspecified atom stereocenters. The molecule has 1 heterocycles. The van der Waals surface area contributed by atoms with Crippen LogP contribution >= 0.6 is 0 Å². The number of benzene rings is 7. The van der Waals surface area contributed by atoms with Crippen molar-refractivity contribution < 1.29 is 17.1 Å². The van der Waals surface area contributed by atoms with Gasteiger partial charge in [0, 0.05) is 10.9 Å². The maximum atomic E-state index is 9.25. The normalized spacial score (nSPS) is 15.4. The molecule has 0 spiro atoms. The third kappa shape index (κ3) is 2.98. The zero-order valence-electron chi connectivity index (χ0n) is 28.4. The Kier molecular flexibility index (Phi) is 2.84. The van der Waals surface area contributed by atoms with Gasteiger partial charge in [0.15, 0.2) is 0 Å². The molecule has 0 saturated heterocycles. The number of ether oxygens (including phenoxy) is 1. The molecule has 0 saturated carbocycles. The van der Waals surface area contributed by atoms with Gasteiger partial charge in [0.1, 0.15) is 11.5 Å². The zero-order valence-corrected chi connectivity index (χ0v) is 19.4. The van der Waals surface area contributed by atoms with Crippen molar-refractivity contribution in [2.75, 3.05) is 0 Å². The van der Waals surface area contributed by atoms with E-state index in [9.17, 15) is 1.37 Å². The van der Waals surface area contributed by atoms with Crippen LogP contribution in [0, 0.1) is 0 Å². The molecule has 0 aliphatic carbocycles. The summed E-state index contributed by atoms with van der Waals surface area (Å²) in [4.78, 5) is 0. The van der Waals surface area contributed by atoms with E-state index in [0.29, 0.717) is 5.56 Å². The molecule has 0 N–H and O–H groups in total. The Hall–Kier alpha value is -4.88. The summed E-state index contributed by atoms with van der Waals surface area (Å²) in [5.74, 6) is -0.443. The van der Waals surface area contributed by atoms with Gasteiger partial charge in [-0.25, -0.2) is 0 Å². The van der Waals surface area contributed by atoms with E-state index in [1.807, 2.05) is 42.5 Å². The van der Waals surface area contributed by atoms with Crippen molar-refractivity contribution in [3.63, 3.8) is 0 Å². The summed E-state index contributed by atoms with van der Waals surface area (Å²) >= 11 is 0. The van der Waals surface area contributed by atoms with E-state index in [1.165, 1.54) is 0 Å². The van der Waals surface area contributed by atoms with Crippen LogP contribution in [0.15, 0.2) is 133 Å². The average molecular weight is 480 g/mol. The fraction of sp³-hybridized carbons (Fsp3) is 0. The molecule has 0 atom stereocenters.